The van der Waals surface area contributed by atoms with Crippen LogP contribution in [0.1, 0.15) is 19.1 Å². The van der Waals surface area contributed by atoms with Gasteiger partial charge in [-0.15, -0.1) is 0 Å². The second-order valence-electron chi connectivity index (χ2n) is 6.18. The van der Waals surface area contributed by atoms with Crippen molar-refractivity contribution in [2.24, 2.45) is 0 Å². The van der Waals surface area contributed by atoms with E-state index in [1.807, 2.05) is 22.6 Å². The average Bonchev–Trinajstić information content (AvgIpc) is 3.28. The maximum Gasteiger partial charge on any atom is 0.509 e. The van der Waals surface area contributed by atoms with Gasteiger partial charge in [0.25, 0.3) is 0 Å². The summed E-state index contributed by atoms with van der Waals surface area (Å²) in [5.41, 5.74) is 6.27. The van der Waals surface area contributed by atoms with Crippen LogP contribution in [0.25, 0.3) is 11.0 Å². The minimum absolute atomic E-state index is 0.166. The Morgan fingerprint density at radius 3 is 2.92 bits per heavy atom. The van der Waals surface area contributed by atoms with Gasteiger partial charge >= 0.3 is 6.16 Å². The van der Waals surface area contributed by atoms with Crippen LogP contribution in [0.5, 0.6) is 0 Å². The maximum atomic E-state index is 15.1. The van der Waals surface area contributed by atoms with Crippen LogP contribution >= 0.6 is 22.6 Å². The third-order valence-corrected chi connectivity index (χ3v) is 5.15. The topological polar surface area (TPSA) is 122 Å². The fourth-order valence-electron chi connectivity index (χ4n) is 2.92. The van der Waals surface area contributed by atoms with Crippen molar-refractivity contribution in [3.63, 3.8) is 0 Å². The molecular formula is C15H16FIN4O5. The van der Waals surface area contributed by atoms with Gasteiger partial charge in [-0.25, -0.2) is 19.2 Å². The highest BCUT2D eigenvalue weighted by atomic mass is 127. The summed E-state index contributed by atoms with van der Waals surface area (Å²) in [5.74, 6) is 0.270. The Kier molecular flexibility index (Phi) is 4.61. The van der Waals surface area contributed by atoms with Gasteiger partial charge in [-0.2, -0.15) is 0 Å². The summed E-state index contributed by atoms with van der Waals surface area (Å²) in [6.07, 6.45) is -1.83. The monoisotopic (exact) mass is 478 g/mol. The summed E-state index contributed by atoms with van der Waals surface area (Å²) in [7, 11) is 0. The Morgan fingerprint density at radius 2 is 2.23 bits per heavy atom. The van der Waals surface area contributed by atoms with E-state index in [4.69, 9.17) is 19.9 Å². The molecule has 1 aliphatic carbocycles. The molecule has 2 aliphatic rings. The predicted octanol–water partition coefficient (Wildman–Crippen LogP) is 1.53. The highest BCUT2D eigenvalue weighted by molar-refractivity contribution is 14.1. The fraction of sp³-hybridized carbons (Fsp3) is 0.533. The van der Waals surface area contributed by atoms with Crippen LogP contribution in [0.3, 0.4) is 0 Å². The van der Waals surface area contributed by atoms with Crippen LogP contribution in [0.15, 0.2) is 12.5 Å². The number of ether oxygens (including phenoxy) is 3. The molecule has 0 radical (unpaired) electrons. The lowest BCUT2D eigenvalue weighted by Gasteiger charge is -2.18. The molecule has 140 valence electrons. The largest absolute Gasteiger partial charge is 0.509 e. The van der Waals surface area contributed by atoms with Gasteiger partial charge in [0.2, 0.25) is 0 Å². The van der Waals surface area contributed by atoms with E-state index in [-0.39, 0.29) is 11.9 Å². The molecule has 1 saturated heterocycles. The Bertz CT molecular complexity index is 845. The molecule has 4 rings (SSSR count). The molecule has 3 N–H and O–H groups in total. The number of hydrogen-bond donors (Lipinski definition) is 2. The van der Waals surface area contributed by atoms with E-state index in [0.29, 0.717) is 11.0 Å². The van der Waals surface area contributed by atoms with E-state index in [1.54, 1.807) is 6.20 Å². The third kappa shape index (κ3) is 3.07. The van der Waals surface area contributed by atoms with E-state index < -0.39 is 37.4 Å². The van der Waals surface area contributed by atoms with Crippen LogP contribution in [-0.4, -0.2) is 56.9 Å². The molecule has 0 spiro atoms. The van der Waals surface area contributed by atoms with Gasteiger partial charge in [0.1, 0.15) is 30.0 Å². The molecule has 3 heterocycles. The zero-order valence-electron chi connectivity index (χ0n) is 13.4. The summed E-state index contributed by atoms with van der Waals surface area (Å²) in [6.45, 7) is -0.508. The Labute approximate surface area is 160 Å². The predicted molar refractivity (Wildman–Crippen MR) is 94.9 cm³/mol. The zero-order chi connectivity index (χ0) is 18.4. The number of alkyl halides is 1. The number of nitrogen functional groups attached to an aromatic ring is 1. The summed E-state index contributed by atoms with van der Waals surface area (Å²) >= 11 is 2.04. The summed E-state index contributed by atoms with van der Waals surface area (Å²) in [6, 6.07) is 0. The van der Waals surface area contributed by atoms with Crippen molar-refractivity contribution in [2.45, 2.75) is 43.6 Å². The van der Waals surface area contributed by atoms with Gasteiger partial charge in [0.05, 0.1) is 12.0 Å². The molecule has 1 saturated carbocycles. The number of nitrogens with two attached hydrogens (primary N) is 1. The van der Waals surface area contributed by atoms with Crippen molar-refractivity contribution < 1.29 is 28.5 Å². The summed E-state index contributed by atoms with van der Waals surface area (Å²) in [5, 5.41) is 10.1. The Balaban J connectivity index is 1.61. The fourth-order valence-corrected chi connectivity index (χ4v) is 3.74. The molecule has 1 aliphatic heterocycles. The van der Waals surface area contributed by atoms with Crippen LogP contribution in [0.4, 0.5) is 15.0 Å². The number of anilines is 1. The first-order valence-electron chi connectivity index (χ1n) is 8.03. The molecule has 26 heavy (non-hydrogen) atoms. The number of carbonyl (C=O) groups is 1. The highest BCUT2D eigenvalue weighted by Crippen LogP contribution is 2.38. The van der Waals surface area contributed by atoms with Gasteiger partial charge in [-0.3, -0.25) is 0 Å². The normalized spacial score (nSPS) is 28.4. The number of halogens is 2. The Morgan fingerprint density at radius 1 is 1.46 bits per heavy atom. The zero-order valence-corrected chi connectivity index (χ0v) is 15.6. The van der Waals surface area contributed by atoms with E-state index in [9.17, 15) is 9.90 Å². The molecular weight excluding hydrogens is 462 g/mol. The van der Waals surface area contributed by atoms with E-state index in [2.05, 4.69) is 9.97 Å². The quantitative estimate of drug-likeness (QED) is 0.502. The number of fused-ring (bicyclic) bond motifs is 1. The van der Waals surface area contributed by atoms with Crippen LogP contribution in [0.2, 0.25) is 0 Å². The van der Waals surface area contributed by atoms with Crippen molar-refractivity contribution in [3.05, 3.63) is 16.1 Å². The van der Waals surface area contributed by atoms with E-state index >= 15 is 4.39 Å². The first-order chi connectivity index (χ1) is 12.5. The number of aliphatic hydroxyl groups excluding tert-OH is 1. The minimum atomic E-state index is -1.72. The lowest BCUT2D eigenvalue weighted by atomic mass is 10.1. The van der Waals surface area contributed by atoms with Gasteiger partial charge in [0, 0.05) is 9.77 Å². The third-order valence-electron chi connectivity index (χ3n) is 4.33. The van der Waals surface area contributed by atoms with Crippen LogP contribution < -0.4 is 5.73 Å². The van der Waals surface area contributed by atoms with Crippen molar-refractivity contribution in [1.29, 1.82) is 0 Å². The second-order valence-corrected chi connectivity index (χ2v) is 7.35. The average molecular weight is 478 g/mol. The highest BCUT2D eigenvalue weighted by Gasteiger charge is 2.49. The van der Waals surface area contributed by atoms with Crippen molar-refractivity contribution in [3.8, 4) is 0 Å². The maximum absolute atomic E-state index is 15.1. The SMILES string of the molecule is Nc1ncnc2c1c(I)cn2[C@@H]1O[C@H](CO)[C@H](OC(=O)OC2CC2)C1F. The smallest absolute Gasteiger partial charge is 0.431 e. The van der Waals surface area contributed by atoms with Crippen molar-refractivity contribution in [1.82, 2.24) is 14.5 Å². The standard InChI is InChI=1S/C15H16FIN4O5/c16-10-11(26-15(23)24-6-1-2-6)8(4-22)25-14(10)21-3-7(17)9-12(18)19-5-20-13(9)21/h3,5-6,8,10-11,14,22H,1-2,4H2,(H2,18,19,20)/t8-,10?,11+,14-/m1/s1. The number of carbonyl (C=O) groups excluding carboxylic acids is 1. The molecule has 2 aromatic heterocycles. The molecule has 0 amide bonds. The van der Waals surface area contributed by atoms with Crippen molar-refractivity contribution >= 4 is 45.6 Å². The van der Waals surface area contributed by atoms with Crippen molar-refractivity contribution in [2.75, 3.05) is 12.3 Å². The molecule has 11 heteroatoms. The molecule has 2 aromatic rings. The second kappa shape index (κ2) is 6.78. The number of aromatic nitrogens is 3. The molecule has 9 nitrogen and oxygen atoms in total. The molecule has 1 unspecified atom stereocenters. The van der Waals surface area contributed by atoms with Gasteiger partial charge in [-0.1, -0.05) is 0 Å². The van der Waals surface area contributed by atoms with Gasteiger partial charge < -0.3 is 29.6 Å². The van der Waals surface area contributed by atoms with Crippen LogP contribution in [0, 0.1) is 3.57 Å². The van der Waals surface area contributed by atoms with E-state index in [0.717, 1.165) is 16.4 Å². The van der Waals surface area contributed by atoms with E-state index in [1.165, 1.54) is 10.9 Å². The minimum Gasteiger partial charge on any atom is -0.431 e. The summed E-state index contributed by atoms with van der Waals surface area (Å²) in [4.78, 5) is 19.9. The van der Waals surface area contributed by atoms with Gasteiger partial charge in [0.15, 0.2) is 18.5 Å². The number of aliphatic hydroxyl groups is 1. The lowest BCUT2D eigenvalue weighted by Crippen LogP contribution is -2.36. The molecule has 0 aromatic carbocycles. The molecule has 4 atom stereocenters. The summed E-state index contributed by atoms with van der Waals surface area (Å²) < 4.78 is 32.9. The van der Waals surface area contributed by atoms with Crippen LogP contribution in [-0.2, 0) is 14.2 Å². The Hall–Kier alpha value is -1.73. The number of nitrogens with zero attached hydrogens (tertiary/aromatic N) is 3. The van der Waals surface area contributed by atoms with Gasteiger partial charge in [-0.05, 0) is 35.4 Å². The first-order valence-corrected chi connectivity index (χ1v) is 9.11. The lowest BCUT2D eigenvalue weighted by molar-refractivity contribution is -0.0564. The first kappa shape index (κ1) is 17.7. The number of rotatable bonds is 4. The molecule has 0 bridgehead atoms. The molecule has 2 fully saturated rings. The number of hydrogen-bond acceptors (Lipinski definition) is 8.